The van der Waals surface area contributed by atoms with Crippen LogP contribution in [0.5, 0.6) is 5.88 Å². The molecule has 3 nitrogen and oxygen atoms in total. The van der Waals surface area contributed by atoms with Gasteiger partial charge < -0.3 is 9.84 Å². The van der Waals surface area contributed by atoms with Crippen molar-refractivity contribution >= 4 is 0 Å². The van der Waals surface area contributed by atoms with E-state index < -0.39 is 0 Å². The minimum atomic E-state index is 0.0452. The summed E-state index contributed by atoms with van der Waals surface area (Å²) in [7, 11) is 0. The average Bonchev–Trinajstić information content (AvgIpc) is 2.89. The number of aliphatic hydroxyl groups excluding tert-OH is 1. The molecule has 1 aromatic rings. The van der Waals surface area contributed by atoms with E-state index in [-0.39, 0.29) is 6.61 Å². The molecule has 0 saturated heterocycles. The molecule has 1 aromatic heterocycles. The van der Waals surface area contributed by atoms with Crippen LogP contribution in [0.15, 0.2) is 18.3 Å². The highest BCUT2D eigenvalue weighted by atomic mass is 16.5. The van der Waals surface area contributed by atoms with Crippen molar-refractivity contribution < 1.29 is 9.84 Å². The lowest BCUT2D eigenvalue weighted by Crippen LogP contribution is -1.98. The Morgan fingerprint density at radius 3 is 3.08 bits per heavy atom. The first-order chi connectivity index (χ1) is 5.88. The van der Waals surface area contributed by atoms with Gasteiger partial charge in [-0.05, 0) is 24.5 Å². The van der Waals surface area contributed by atoms with Gasteiger partial charge in [0.1, 0.15) is 6.10 Å². The van der Waals surface area contributed by atoms with Crippen molar-refractivity contribution in [3.63, 3.8) is 0 Å². The van der Waals surface area contributed by atoms with E-state index in [4.69, 9.17) is 9.84 Å². The first-order valence-corrected chi connectivity index (χ1v) is 4.11. The maximum absolute atomic E-state index is 8.83. The maximum Gasteiger partial charge on any atom is 0.213 e. The monoisotopic (exact) mass is 165 g/mol. The van der Waals surface area contributed by atoms with Crippen LogP contribution in [0.2, 0.25) is 0 Å². The third kappa shape index (κ3) is 1.74. The molecule has 12 heavy (non-hydrogen) atoms. The van der Waals surface area contributed by atoms with Crippen molar-refractivity contribution in [2.75, 3.05) is 0 Å². The second-order valence-corrected chi connectivity index (χ2v) is 2.98. The molecule has 0 amide bonds. The Morgan fingerprint density at radius 1 is 1.58 bits per heavy atom. The Bertz CT molecular complexity index is 271. The smallest absolute Gasteiger partial charge is 0.213 e. The van der Waals surface area contributed by atoms with E-state index in [0.29, 0.717) is 12.0 Å². The summed E-state index contributed by atoms with van der Waals surface area (Å²) in [5.41, 5.74) is 0.848. The maximum atomic E-state index is 8.83. The molecule has 0 radical (unpaired) electrons. The fraction of sp³-hybridized carbons (Fsp3) is 0.444. The molecule has 0 bridgehead atoms. The van der Waals surface area contributed by atoms with Gasteiger partial charge in [-0.3, -0.25) is 0 Å². The van der Waals surface area contributed by atoms with Gasteiger partial charge >= 0.3 is 0 Å². The molecular formula is C9H11NO2. The molecule has 3 heteroatoms. The lowest BCUT2D eigenvalue weighted by atomic mass is 10.3. The molecule has 0 atom stereocenters. The van der Waals surface area contributed by atoms with Gasteiger partial charge in [0.2, 0.25) is 5.88 Å². The lowest BCUT2D eigenvalue weighted by molar-refractivity contribution is 0.274. The predicted octanol–water partition coefficient (Wildman–Crippen LogP) is 1.12. The minimum absolute atomic E-state index is 0.0452. The normalized spacial score (nSPS) is 16.1. The Hall–Kier alpha value is -1.09. The van der Waals surface area contributed by atoms with E-state index in [0.717, 1.165) is 18.4 Å². The first kappa shape index (κ1) is 7.55. The second-order valence-electron chi connectivity index (χ2n) is 2.98. The molecule has 0 unspecified atom stereocenters. The fourth-order valence-corrected chi connectivity index (χ4v) is 0.970. The van der Waals surface area contributed by atoms with Crippen molar-refractivity contribution in [1.29, 1.82) is 0 Å². The van der Waals surface area contributed by atoms with Gasteiger partial charge in [0.15, 0.2) is 0 Å². The number of hydrogen-bond donors (Lipinski definition) is 1. The van der Waals surface area contributed by atoms with E-state index in [2.05, 4.69) is 4.98 Å². The van der Waals surface area contributed by atoms with Crippen LogP contribution in [0.25, 0.3) is 0 Å². The van der Waals surface area contributed by atoms with E-state index in [9.17, 15) is 0 Å². The molecule has 2 rings (SSSR count). The topological polar surface area (TPSA) is 42.4 Å². The summed E-state index contributed by atoms with van der Waals surface area (Å²) in [6.45, 7) is 0.0452. The first-order valence-electron chi connectivity index (χ1n) is 4.11. The number of ether oxygens (including phenoxy) is 1. The standard InChI is InChI=1S/C9H11NO2/c11-6-7-3-4-10-9(5-7)12-8-1-2-8/h3-5,8,11H,1-2,6H2. The number of hydrogen-bond acceptors (Lipinski definition) is 3. The van der Waals surface area contributed by atoms with Crippen molar-refractivity contribution in [1.82, 2.24) is 4.98 Å². The van der Waals surface area contributed by atoms with Crippen LogP contribution in [0.3, 0.4) is 0 Å². The van der Waals surface area contributed by atoms with Crippen LogP contribution in [-0.2, 0) is 6.61 Å². The molecule has 0 spiro atoms. The van der Waals surface area contributed by atoms with Crippen LogP contribution >= 0.6 is 0 Å². The Labute approximate surface area is 71.0 Å². The van der Waals surface area contributed by atoms with Gasteiger partial charge in [-0.15, -0.1) is 0 Å². The number of aliphatic hydroxyl groups is 1. The van der Waals surface area contributed by atoms with Crippen LogP contribution in [0.1, 0.15) is 18.4 Å². The highest BCUT2D eigenvalue weighted by molar-refractivity contribution is 5.20. The largest absolute Gasteiger partial charge is 0.474 e. The third-order valence-corrected chi connectivity index (χ3v) is 1.79. The van der Waals surface area contributed by atoms with Crippen LogP contribution in [-0.4, -0.2) is 16.2 Å². The highest BCUT2D eigenvalue weighted by Gasteiger charge is 2.23. The molecular weight excluding hydrogens is 154 g/mol. The zero-order valence-electron chi connectivity index (χ0n) is 6.73. The Balaban J connectivity index is 2.08. The molecule has 0 aromatic carbocycles. The van der Waals surface area contributed by atoms with Gasteiger partial charge in [0.05, 0.1) is 6.61 Å². The van der Waals surface area contributed by atoms with Gasteiger partial charge in [-0.25, -0.2) is 4.98 Å². The van der Waals surface area contributed by atoms with Crippen LogP contribution in [0.4, 0.5) is 0 Å². The summed E-state index contributed by atoms with van der Waals surface area (Å²) in [6.07, 6.45) is 4.28. The van der Waals surface area contributed by atoms with E-state index >= 15 is 0 Å². The third-order valence-electron chi connectivity index (χ3n) is 1.79. The van der Waals surface area contributed by atoms with Crippen LogP contribution < -0.4 is 4.74 Å². The summed E-state index contributed by atoms with van der Waals surface area (Å²) < 4.78 is 5.45. The highest BCUT2D eigenvalue weighted by Crippen LogP contribution is 2.25. The van der Waals surface area contributed by atoms with E-state index in [1.54, 1.807) is 18.3 Å². The number of pyridine rings is 1. The summed E-state index contributed by atoms with van der Waals surface area (Å²) in [5, 5.41) is 8.83. The molecule has 64 valence electrons. The number of nitrogens with zero attached hydrogens (tertiary/aromatic N) is 1. The van der Waals surface area contributed by atoms with E-state index in [1.807, 2.05) is 0 Å². The second kappa shape index (κ2) is 3.11. The van der Waals surface area contributed by atoms with Gasteiger partial charge in [-0.2, -0.15) is 0 Å². The molecule has 1 saturated carbocycles. The fourth-order valence-electron chi connectivity index (χ4n) is 0.970. The molecule has 1 fully saturated rings. The summed E-state index contributed by atoms with van der Waals surface area (Å²) >= 11 is 0. The van der Waals surface area contributed by atoms with Gasteiger partial charge in [-0.1, -0.05) is 0 Å². The van der Waals surface area contributed by atoms with E-state index in [1.165, 1.54) is 0 Å². The van der Waals surface area contributed by atoms with Crippen molar-refractivity contribution in [3.8, 4) is 5.88 Å². The average molecular weight is 165 g/mol. The molecule has 1 aliphatic carbocycles. The molecule has 1 N–H and O–H groups in total. The van der Waals surface area contributed by atoms with Crippen molar-refractivity contribution in [3.05, 3.63) is 23.9 Å². The van der Waals surface area contributed by atoms with Gasteiger partial charge in [0.25, 0.3) is 0 Å². The minimum Gasteiger partial charge on any atom is -0.474 e. The van der Waals surface area contributed by atoms with Crippen LogP contribution in [0, 0.1) is 0 Å². The summed E-state index contributed by atoms with van der Waals surface area (Å²) in [6, 6.07) is 3.55. The SMILES string of the molecule is OCc1ccnc(OC2CC2)c1. The van der Waals surface area contributed by atoms with Gasteiger partial charge in [0, 0.05) is 12.3 Å². The number of aromatic nitrogens is 1. The summed E-state index contributed by atoms with van der Waals surface area (Å²) in [4.78, 5) is 4.03. The summed E-state index contributed by atoms with van der Waals surface area (Å²) in [5.74, 6) is 0.629. The van der Waals surface area contributed by atoms with Crippen molar-refractivity contribution in [2.24, 2.45) is 0 Å². The zero-order valence-corrected chi connectivity index (χ0v) is 6.73. The predicted molar refractivity (Wildman–Crippen MR) is 43.8 cm³/mol. The lowest BCUT2D eigenvalue weighted by Gasteiger charge is -2.03. The molecule has 1 heterocycles. The molecule has 1 aliphatic rings. The Kier molecular flexibility index (Phi) is 1.96. The molecule has 0 aliphatic heterocycles. The Morgan fingerprint density at radius 2 is 2.42 bits per heavy atom. The number of rotatable bonds is 3. The quantitative estimate of drug-likeness (QED) is 0.729. The zero-order chi connectivity index (χ0) is 8.39. The van der Waals surface area contributed by atoms with Crippen molar-refractivity contribution in [2.45, 2.75) is 25.6 Å².